The van der Waals surface area contributed by atoms with Gasteiger partial charge >= 0.3 is 0 Å². The fourth-order valence-corrected chi connectivity index (χ4v) is 3.37. The van der Waals surface area contributed by atoms with Gasteiger partial charge < -0.3 is 14.4 Å². The summed E-state index contributed by atoms with van der Waals surface area (Å²) in [4.78, 5) is 0. The van der Waals surface area contributed by atoms with E-state index in [4.69, 9.17) is 4.74 Å². The molecule has 6 heteroatoms. The van der Waals surface area contributed by atoms with Crippen molar-refractivity contribution in [3.63, 3.8) is 0 Å². The lowest BCUT2D eigenvalue weighted by Gasteiger charge is -2.13. The van der Waals surface area contributed by atoms with Crippen LogP contribution in [0, 0.1) is 0 Å². The summed E-state index contributed by atoms with van der Waals surface area (Å²) in [6.45, 7) is 2.08. The lowest BCUT2D eigenvalue weighted by atomic mass is 10.1. The molecular formula is C15H19N3O2S. The number of hydrogen-bond acceptors (Lipinski definition) is 5. The van der Waals surface area contributed by atoms with Gasteiger partial charge in [0.15, 0.2) is 11.0 Å². The van der Waals surface area contributed by atoms with Gasteiger partial charge in [0.25, 0.3) is 0 Å². The molecule has 2 aromatic rings. The van der Waals surface area contributed by atoms with Crippen LogP contribution in [0.2, 0.25) is 0 Å². The van der Waals surface area contributed by atoms with Gasteiger partial charge in [-0.2, -0.15) is 0 Å². The monoisotopic (exact) mass is 305 g/mol. The summed E-state index contributed by atoms with van der Waals surface area (Å²) in [6, 6.07) is 8.53. The predicted octanol–water partition coefficient (Wildman–Crippen LogP) is 2.97. The van der Waals surface area contributed by atoms with Gasteiger partial charge in [-0.25, -0.2) is 0 Å². The van der Waals surface area contributed by atoms with Crippen LogP contribution < -0.4 is 4.74 Å². The van der Waals surface area contributed by atoms with Gasteiger partial charge in [0.05, 0.1) is 7.11 Å². The van der Waals surface area contributed by atoms with Crippen LogP contribution in [0.4, 0.5) is 0 Å². The van der Waals surface area contributed by atoms with E-state index >= 15 is 0 Å². The third-order valence-electron chi connectivity index (χ3n) is 3.63. The predicted molar refractivity (Wildman–Crippen MR) is 81.5 cm³/mol. The van der Waals surface area contributed by atoms with Crippen molar-refractivity contribution in [2.45, 2.75) is 42.8 Å². The minimum Gasteiger partial charge on any atom is -0.497 e. The number of aliphatic hydroxyl groups is 1. The topological polar surface area (TPSA) is 60.2 Å². The van der Waals surface area contributed by atoms with Crippen molar-refractivity contribution in [3.8, 4) is 5.75 Å². The number of thioether (sulfide) groups is 1. The molecule has 0 amide bonds. The smallest absolute Gasteiger partial charge is 0.192 e. The first-order chi connectivity index (χ1) is 10.2. The first-order valence-corrected chi connectivity index (χ1v) is 7.96. The summed E-state index contributed by atoms with van der Waals surface area (Å²) in [5, 5.41) is 18.8. The molecule has 1 aromatic carbocycles. The molecule has 112 valence electrons. The van der Waals surface area contributed by atoms with E-state index in [1.54, 1.807) is 18.9 Å². The van der Waals surface area contributed by atoms with E-state index in [-0.39, 0.29) is 11.9 Å². The Labute approximate surface area is 128 Å². The zero-order chi connectivity index (χ0) is 14.8. The molecule has 1 heterocycles. The van der Waals surface area contributed by atoms with Gasteiger partial charge in [-0.15, -0.1) is 10.2 Å². The van der Waals surface area contributed by atoms with Crippen molar-refractivity contribution in [2.75, 3.05) is 7.11 Å². The summed E-state index contributed by atoms with van der Waals surface area (Å²) in [5.41, 5.74) is 1.19. The van der Waals surface area contributed by atoms with Crippen molar-refractivity contribution in [3.05, 3.63) is 35.7 Å². The fraction of sp³-hybridized carbons (Fsp3) is 0.467. The van der Waals surface area contributed by atoms with E-state index in [9.17, 15) is 5.11 Å². The van der Waals surface area contributed by atoms with Gasteiger partial charge in [-0.3, -0.25) is 0 Å². The molecule has 0 saturated heterocycles. The van der Waals surface area contributed by atoms with Crippen LogP contribution >= 0.6 is 11.8 Å². The molecule has 1 aliphatic carbocycles. The molecular weight excluding hydrogens is 286 g/mol. The second kappa shape index (κ2) is 6.07. The molecule has 0 spiro atoms. The third-order valence-corrected chi connectivity index (χ3v) is 4.75. The molecule has 1 saturated carbocycles. The second-order valence-electron chi connectivity index (χ2n) is 5.19. The molecule has 0 bridgehead atoms. The highest BCUT2D eigenvalue weighted by Crippen LogP contribution is 2.42. The third kappa shape index (κ3) is 3.06. The van der Waals surface area contributed by atoms with Gasteiger partial charge in [0.2, 0.25) is 0 Å². The van der Waals surface area contributed by atoms with Crippen LogP contribution in [0.1, 0.15) is 42.4 Å². The molecule has 1 N–H and O–H groups in total. The maximum absolute atomic E-state index is 9.38. The van der Waals surface area contributed by atoms with Gasteiger partial charge in [0.1, 0.15) is 12.4 Å². The van der Waals surface area contributed by atoms with Crippen LogP contribution in [0.5, 0.6) is 5.75 Å². The summed E-state index contributed by atoms with van der Waals surface area (Å²) in [7, 11) is 1.67. The second-order valence-corrected chi connectivity index (χ2v) is 6.50. The molecule has 5 nitrogen and oxygen atoms in total. The van der Waals surface area contributed by atoms with Crippen LogP contribution in [0.15, 0.2) is 29.4 Å². The largest absolute Gasteiger partial charge is 0.497 e. The van der Waals surface area contributed by atoms with E-state index in [0.29, 0.717) is 11.9 Å². The number of rotatable bonds is 6. The SMILES string of the molecule is COc1cccc(C(C)Sc2nnc(CO)n2C2CC2)c1. The first-order valence-electron chi connectivity index (χ1n) is 7.08. The van der Waals surface area contributed by atoms with Crippen LogP contribution in [0.3, 0.4) is 0 Å². The highest BCUT2D eigenvalue weighted by Gasteiger charge is 2.30. The highest BCUT2D eigenvalue weighted by molar-refractivity contribution is 7.99. The van der Waals surface area contributed by atoms with Crippen molar-refractivity contribution in [1.29, 1.82) is 0 Å². The highest BCUT2D eigenvalue weighted by atomic mass is 32.2. The molecule has 0 radical (unpaired) electrons. The zero-order valence-electron chi connectivity index (χ0n) is 12.2. The minimum atomic E-state index is -0.0579. The minimum absolute atomic E-state index is 0.0579. The molecule has 1 fully saturated rings. The standard InChI is InChI=1S/C15H19N3O2S/c1-10(11-4-3-5-13(8-11)20-2)21-15-17-16-14(9-19)18(15)12-6-7-12/h3-5,8,10,12,19H,6-7,9H2,1-2H3. The zero-order valence-corrected chi connectivity index (χ0v) is 13.0. The molecule has 1 atom stereocenters. The molecule has 1 aliphatic rings. The van der Waals surface area contributed by atoms with Gasteiger partial charge in [-0.1, -0.05) is 23.9 Å². The van der Waals surface area contributed by atoms with E-state index < -0.39 is 0 Å². The van der Waals surface area contributed by atoms with E-state index in [0.717, 1.165) is 23.7 Å². The van der Waals surface area contributed by atoms with Crippen molar-refractivity contribution in [2.24, 2.45) is 0 Å². The van der Waals surface area contributed by atoms with Crippen molar-refractivity contribution >= 4 is 11.8 Å². The molecule has 3 rings (SSSR count). The van der Waals surface area contributed by atoms with Crippen LogP contribution in [-0.4, -0.2) is 27.0 Å². The normalized spacial score (nSPS) is 16.0. The Morgan fingerprint density at radius 1 is 1.43 bits per heavy atom. The fourth-order valence-electron chi connectivity index (χ4n) is 2.32. The average Bonchev–Trinajstić information content (AvgIpc) is 3.28. The number of nitrogens with zero attached hydrogens (tertiary/aromatic N) is 3. The lowest BCUT2D eigenvalue weighted by Crippen LogP contribution is -2.03. The Hall–Kier alpha value is -1.53. The average molecular weight is 305 g/mol. The van der Waals surface area contributed by atoms with E-state index in [1.807, 2.05) is 18.2 Å². The number of aromatic nitrogens is 3. The van der Waals surface area contributed by atoms with E-state index in [1.165, 1.54) is 5.56 Å². The number of benzene rings is 1. The molecule has 21 heavy (non-hydrogen) atoms. The Morgan fingerprint density at radius 3 is 2.90 bits per heavy atom. The first kappa shape index (κ1) is 14.4. The van der Waals surface area contributed by atoms with Crippen molar-refractivity contribution in [1.82, 2.24) is 14.8 Å². The van der Waals surface area contributed by atoms with Gasteiger partial charge in [0, 0.05) is 11.3 Å². The lowest BCUT2D eigenvalue weighted by molar-refractivity contribution is 0.263. The summed E-state index contributed by atoms with van der Waals surface area (Å²) < 4.78 is 7.36. The van der Waals surface area contributed by atoms with Crippen molar-refractivity contribution < 1.29 is 9.84 Å². The summed E-state index contributed by atoms with van der Waals surface area (Å²) in [5.74, 6) is 1.53. The summed E-state index contributed by atoms with van der Waals surface area (Å²) in [6.07, 6.45) is 2.29. The Balaban J connectivity index is 1.81. The molecule has 1 aromatic heterocycles. The van der Waals surface area contributed by atoms with Gasteiger partial charge in [-0.05, 0) is 37.5 Å². The number of ether oxygens (including phenoxy) is 1. The number of hydrogen-bond donors (Lipinski definition) is 1. The molecule has 1 unspecified atom stereocenters. The Bertz CT molecular complexity index is 625. The maximum Gasteiger partial charge on any atom is 0.192 e. The van der Waals surface area contributed by atoms with Crippen LogP contribution in [-0.2, 0) is 6.61 Å². The number of methoxy groups -OCH3 is 1. The maximum atomic E-state index is 9.38. The van der Waals surface area contributed by atoms with E-state index in [2.05, 4.69) is 27.8 Å². The summed E-state index contributed by atoms with van der Waals surface area (Å²) >= 11 is 1.67. The molecule has 0 aliphatic heterocycles. The Morgan fingerprint density at radius 2 is 2.24 bits per heavy atom. The number of aliphatic hydroxyl groups excluding tert-OH is 1. The van der Waals surface area contributed by atoms with Crippen LogP contribution in [0.25, 0.3) is 0 Å². The Kier molecular flexibility index (Phi) is 4.17. The quantitative estimate of drug-likeness (QED) is 0.831.